The number of piperazine rings is 1. The largest absolute Gasteiger partial charge is 0.494 e. The molecule has 0 bridgehead atoms. The molecular formula is C43H46Cl2N4O5SSi. The number of thiazole rings is 1. The lowest BCUT2D eigenvalue weighted by molar-refractivity contribution is 0.0696. The lowest BCUT2D eigenvalue weighted by atomic mass is 9.99. The van der Waals surface area contributed by atoms with Crippen molar-refractivity contribution in [2.45, 2.75) is 58.2 Å². The Balaban J connectivity index is 1.30. The summed E-state index contributed by atoms with van der Waals surface area (Å²) in [6.45, 7) is 14.0. The van der Waals surface area contributed by atoms with Gasteiger partial charge in [-0.3, -0.25) is 4.90 Å². The molecule has 292 valence electrons. The van der Waals surface area contributed by atoms with Crippen LogP contribution in [0.5, 0.6) is 5.75 Å². The van der Waals surface area contributed by atoms with E-state index in [2.05, 4.69) is 110 Å². The normalized spacial score (nSPS) is 15.5. The van der Waals surface area contributed by atoms with Gasteiger partial charge in [-0.2, -0.15) is 0 Å². The Kier molecular flexibility index (Phi) is 11.7. The van der Waals surface area contributed by atoms with Gasteiger partial charge in [0.2, 0.25) is 0 Å². The first-order valence-corrected chi connectivity index (χ1v) is 22.2. The summed E-state index contributed by atoms with van der Waals surface area (Å²) in [5, 5.41) is 18.4. The molecule has 0 spiro atoms. The van der Waals surface area contributed by atoms with E-state index in [-0.39, 0.29) is 22.6 Å². The van der Waals surface area contributed by atoms with E-state index in [1.54, 1.807) is 13.2 Å². The number of hydrogen-bond acceptors (Lipinski definition) is 9. The van der Waals surface area contributed by atoms with Gasteiger partial charge in [0.15, 0.2) is 5.13 Å². The van der Waals surface area contributed by atoms with E-state index in [1.807, 2.05) is 18.2 Å². The number of carboxylic acid groups (broad SMARTS) is 1. The molecule has 0 amide bonds. The summed E-state index contributed by atoms with van der Waals surface area (Å²) in [6, 6.07) is 29.8. The number of anilines is 1. The van der Waals surface area contributed by atoms with E-state index in [9.17, 15) is 9.90 Å². The summed E-state index contributed by atoms with van der Waals surface area (Å²) in [4.78, 5) is 21.9. The van der Waals surface area contributed by atoms with Crippen molar-refractivity contribution in [3.8, 4) is 17.0 Å². The quantitative estimate of drug-likeness (QED) is 0.121. The van der Waals surface area contributed by atoms with Crippen LogP contribution < -0.4 is 20.0 Å². The number of nitrogens with zero attached hydrogens (tertiary/aromatic N) is 4. The number of methoxy groups -OCH3 is 1. The van der Waals surface area contributed by atoms with E-state index >= 15 is 0 Å². The monoisotopic (exact) mass is 828 g/mol. The van der Waals surface area contributed by atoms with Crippen LogP contribution in [0.3, 0.4) is 0 Å². The molecule has 0 aliphatic carbocycles. The summed E-state index contributed by atoms with van der Waals surface area (Å²) in [5.41, 5.74) is 3.07. The van der Waals surface area contributed by atoms with Crippen LogP contribution in [0.1, 0.15) is 62.2 Å². The number of aromatic nitrogens is 2. The molecule has 1 fully saturated rings. The number of benzene rings is 4. The van der Waals surface area contributed by atoms with Crippen molar-refractivity contribution in [2.75, 3.05) is 38.3 Å². The highest BCUT2D eigenvalue weighted by Crippen LogP contribution is 2.42. The number of rotatable bonds is 12. The molecule has 7 rings (SSSR count). The summed E-state index contributed by atoms with van der Waals surface area (Å²) in [5.74, 6) is 0.292. The van der Waals surface area contributed by atoms with Gasteiger partial charge in [-0.1, -0.05) is 141 Å². The Morgan fingerprint density at radius 3 is 2.20 bits per heavy atom. The van der Waals surface area contributed by atoms with E-state index in [0.29, 0.717) is 65.4 Å². The summed E-state index contributed by atoms with van der Waals surface area (Å²) in [7, 11) is -1.37. The van der Waals surface area contributed by atoms with Crippen molar-refractivity contribution in [3.05, 3.63) is 118 Å². The average molecular weight is 830 g/mol. The highest BCUT2D eigenvalue weighted by Gasteiger charge is 2.51. The fraction of sp³-hybridized carbons (Fsp3) is 0.326. The first-order valence-electron chi connectivity index (χ1n) is 18.7. The van der Waals surface area contributed by atoms with Crippen LogP contribution >= 0.6 is 34.5 Å². The van der Waals surface area contributed by atoms with Gasteiger partial charge in [0.25, 0.3) is 8.32 Å². The highest BCUT2D eigenvalue weighted by molar-refractivity contribution is 7.22. The van der Waals surface area contributed by atoms with Crippen LogP contribution in [0, 0.1) is 0 Å². The molecule has 0 saturated carbocycles. The zero-order valence-electron chi connectivity index (χ0n) is 32.4. The number of hydrogen-bond donors (Lipinski definition) is 1. The fourth-order valence-electron chi connectivity index (χ4n) is 7.90. The number of fused-ring (bicyclic) bond motifs is 1. The Labute approximate surface area is 342 Å². The topological polar surface area (TPSA) is 101 Å². The molecule has 1 saturated heterocycles. The number of carboxylic acids is 1. The fourth-order valence-corrected chi connectivity index (χ4v) is 14.2. The number of carbonyl (C=O) groups is 1. The minimum atomic E-state index is -2.91. The summed E-state index contributed by atoms with van der Waals surface area (Å²) >= 11 is 14.9. The summed E-state index contributed by atoms with van der Waals surface area (Å²) < 4.78 is 20.0. The molecule has 13 heteroatoms. The maximum absolute atomic E-state index is 12.0. The Morgan fingerprint density at radius 2 is 1.62 bits per heavy atom. The molecule has 1 N–H and O–H groups in total. The highest BCUT2D eigenvalue weighted by atomic mass is 35.5. The standard InChI is InChI=1S/C43H46Cl2N4O5SSi/c1-27(2)40-32(38(47-54-40)37-33(44)18-13-19-34(37)45)25-48-20-21-49(42-46-39-35(52-6)22-28(41(50)51)23-36(39)55-42)29(24-48)26-53-56(43(3,4)5,30-14-9-7-10-15-30)31-16-11-8-12-17-31/h7-19,22-23,27,29H,20-21,24-26H2,1-6H3,(H,50,51). The van der Waals surface area contributed by atoms with Gasteiger partial charge in [-0.05, 0) is 39.7 Å². The SMILES string of the molecule is COc1cc(C(=O)O)cc2sc(N3CCN(Cc4c(-c5c(Cl)cccc5Cl)noc4C(C)C)CC3CO[Si](c3ccccc3)(c3ccccc3)C(C)(C)C)nc12. The van der Waals surface area contributed by atoms with Gasteiger partial charge in [0.1, 0.15) is 22.7 Å². The van der Waals surface area contributed by atoms with Crippen molar-refractivity contribution in [1.29, 1.82) is 0 Å². The third-order valence-corrected chi connectivity index (χ3v) is 17.2. The molecule has 4 aromatic carbocycles. The van der Waals surface area contributed by atoms with Gasteiger partial charge >= 0.3 is 5.97 Å². The number of aromatic carboxylic acids is 1. The maximum atomic E-state index is 12.0. The molecule has 1 aliphatic heterocycles. The van der Waals surface area contributed by atoms with E-state index in [0.717, 1.165) is 21.2 Å². The van der Waals surface area contributed by atoms with Crippen molar-refractivity contribution in [2.24, 2.45) is 0 Å². The van der Waals surface area contributed by atoms with Crippen molar-refractivity contribution < 1.29 is 23.6 Å². The first kappa shape index (κ1) is 40.0. The van der Waals surface area contributed by atoms with E-state index in [1.165, 1.54) is 27.8 Å². The predicted octanol–water partition coefficient (Wildman–Crippen LogP) is 9.36. The number of ether oxygens (including phenoxy) is 1. The maximum Gasteiger partial charge on any atom is 0.335 e. The van der Waals surface area contributed by atoms with Crippen molar-refractivity contribution in [1.82, 2.24) is 15.0 Å². The molecule has 2 aromatic heterocycles. The van der Waals surface area contributed by atoms with Crippen molar-refractivity contribution in [3.63, 3.8) is 0 Å². The third-order valence-electron chi connectivity index (χ3n) is 10.6. The van der Waals surface area contributed by atoms with Gasteiger partial charge in [0.05, 0.1) is 40.1 Å². The molecular weight excluding hydrogens is 784 g/mol. The van der Waals surface area contributed by atoms with Crippen LogP contribution in [0.25, 0.3) is 21.5 Å². The van der Waals surface area contributed by atoms with Gasteiger partial charge in [-0.15, -0.1) is 0 Å². The smallest absolute Gasteiger partial charge is 0.335 e. The Morgan fingerprint density at radius 1 is 0.982 bits per heavy atom. The molecule has 1 unspecified atom stereocenters. The van der Waals surface area contributed by atoms with Gasteiger partial charge in [-0.25, -0.2) is 9.78 Å². The predicted molar refractivity (Wildman–Crippen MR) is 229 cm³/mol. The minimum Gasteiger partial charge on any atom is -0.494 e. The lowest BCUT2D eigenvalue weighted by Gasteiger charge is -2.46. The van der Waals surface area contributed by atoms with E-state index < -0.39 is 14.3 Å². The van der Waals surface area contributed by atoms with Crippen LogP contribution in [-0.2, 0) is 11.0 Å². The molecule has 9 nitrogen and oxygen atoms in total. The van der Waals surface area contributed by atoms with Crippen LogP contribution in [0.15, 0.2) is 95.5 Å². The second-order valence-electron chi connectivity index (χ2n) is 15.5. The second kappa shape index (κ2) is 16.3. The molecule has 0 radical (unpaired) electrons. The van der Waals surface area contributed by atoms with Gasteiger partial charge in [0, 0.05) is 43.2 Å². The average Bonchev–Trinajstić information content (AvgIpc) is 3.80. The summed E-state index contributed by atoms with van der Waals surface area (Å²) in [6.07, 6.45) is 0. The van der Waals surface area contributed by atoms with Gasteiger partial charge < -0.3 is 23.7 Å². The molecule has 3 heterocycles. The first-order chi connectivity index (χ1) is 26.8. The second-order valence-corrected chi connectivity index (χ2v) is 21.6. The van der Waals surface area contributed by atoms with Crippen LogP contribution in [-0.4, -0.2) is 73.8 Å². The Bertz CT molecular complexity index is 2270. The number of halogens is 2. The molecule has 1 aliphatic rings. The van der Waals surface area contributed by atoms with E-state index in [4.69, 9.17) is 41.9 Å². The molecule has 56 heavy (non-hydrogen) atoms. The molecule has 1 atom stereocenters. The lowest BCUT2D eigenvalue weighted by Crippen LogP contribution is -2.68. The van der Waals surface area contributed by atoms with Crippen LogP contribution in [0.2, 0.25) is 15.1 Å². The van der Waals surface area contributed by atoms with Crippen LogP contribution in [0.4, 0.5) is 5.13 Å². The zero-order valence-corrected chi connectivity index (χ0v) is 35.7. The minimum absolute atomic E-state index is 0.0801. The zero-order chi connectivity index (χ0) is 39.8. The molecule has 6 aromatic rings. The third kappa shape index (κ3) is 7.60. The van der Waals surface area contributed by atoms with Crippen molar-refractivity contribution >= 4 is 74.5 Å². The Hall–Kier alpha value is -4.23.